The molecule has 176 valence electrons. The highest BCUT2D eigenvalue weighted by molar-refractivity contribution is 5.90. The molecule has 1 aromatic heterocycles. The number of aromatic nitrogens is 1. The predicted molar refractivity (Wildman–Crippen MR) is 122 cm³/mol. The second kappa shape index (κ2) is 8.76. The van der Waals surface area contributed by atoms with Crippen molar-refractivity contribution in [2.24, 2.45) is 0 Å². The van der Waals surface area contributed by atoms with Crippen molar-refractivity contribution < 1.29 is 22.7 Å². The number of rotatable bonds is 4. The summed E-state index contributed by atoms with van der Waals surface area (Å²) in [7, 11) is 0. The largest absolute Gasteiger partial charge is 0.441 e. The molecule has 5 rings (SSSR count). The van der Waals surface area contributed by atoms with Crippen molar-refractivity contribution in [2.75, 3.05) is 24.5 Å². The van der Waals surface area contributed by atoms with E-state index in [2.05, 4.69) is 9.88 Å². The Hall–Kier alpha value is -3.39. The number of benzene rings is 2. The van der Waals surface area contributed by atoms with Crippen molar-refractivity contribution in [3.63, 3.8) is 0 Å². The number of halogens is 3. The van der Waals surface area contributed by atoms with Crippen LogP contribution in [-0.2, 0) is 17.5 Å². The summed E-state index contributed by atoms with van der Waals surface area (Å²) in [5.41, 5.74) is 1.70. The molecule has 34 heavy (non-hydrogen) atoms. The fourth-order valence-electron chi connectivity index (χ4n) is 4.75. The molecule has 0 bridgehead atoms. The minimum atomic E-state index is -4.41. The fraction of sp³-hybridized carbons (Fsp3) is 0.308. The van der Waals surface area contributed by atoms with Crippen molar-refractivity contribution in [2.45, 2.75) is 31.2 Å². The number of para-hydroxylation sites is 1. The van der Waals surface area contributed by atoms with Crippen LogP contribution in [0.15, 0.2) is 73.1 Å². The van der Waals surface area contributed by atoms with Crippen LogP contribution < -0.4 is 4.90 Å². The van der Waals surface area contributed by atoms with Crippen molar-refractivity contribution in [3.05, 3.63) is 84.2 Å². The average molecular weight is 467 g/mol. The number of carbonyl (C=O) groups excluding carboxylic acids is 1. The zero-order valence-corrected chi connectivity index (χ0v) is 18.5. The second-order valence-corrected chi connectivity index (χ2v) is 8.86. The molecule has 8 heteroatoms. The SMILES string of the molecule is O=C1OC2(CCN(Cc3cc(C(F)(F)F)ccc3-c3cccnc3)CC2)CN1c1ccccc1. The van der Waals surface area contributed by atoms with Crippen molar-refractivity contribution in [1.82, 2.24) is 9.88 Å². The lowest BCUT2D eigenvalue weighted by Gasteiger charge is -2.37. The topological polar surface area (TPSA) is 45.7 Å². The summed E-state index contributed by atoms with van der Waals surface area (Å²) in [5, 5.41) is 0. The maximum atomic E-state index is 13.4. The van der Waals surface area contributed by atoms with E-state index >= 15 is 0 Å². The van der Waals surface area contributed by atoms with Gasteiger partial charge in [-0.05, 0) is 41.5 Å². The van der Waals surface area contributed by atoms with Gasteiger partial charge in [0, 0.05) is 56.1 Å². The Balaban J connectivity index is 1.32. The van der Waals surface area contributed by atoms with E-state index in [1.807, 2.05) is 36.4 Å². The number of anilines is 1. The molecule has 2 aliphatic heterocycles. The van der Waals surface area contributed by atoms with E-state index in [0.717, 1.165) is 22.9 Å². The summed E-state index contributed by atoms with van der Waals surface area (Å²) >= 11 is 0. The third-order valence-corrected chi connectivity index (χ3v) is 6.60. The Bertz CT molecular complexity index is 1160. The Morgan fingerprint density at radius 3 is 2.44 bits per heavy atom. The minimum absolute atomic E-state index is 0.351. The first-order chi connectivity index (χ1) is 16.3. The first-order valence-electron chi connectivity index (χ1n) is 11.2. The number of amides is 1. The van der Waals surface area contributed by atoms with Gasteiger partial charge in [0.2, 0.25) is 0 Å². The van der Waals surface area contributed by atoms with E-state index in [4.69, 9.17) is 4.74 Å². The number of ether oxygens (including phenoxy) is 1. The molecule has 0 saturated carbocycles. The van der Waals surface area contributed by atoms with Gasteiger partial charge < -0.3 is 4.74 Å². The van der Waals surface area contributed by atoms with Gasteiger partial charge in [-0.25, -0.2) is 4.79 Å². The van der Waals surface area contributed by atoms with Crippen LogP contribution in [0.5, 0.6) is 0 Å². The van der Waals surface area contributed by atoms with Crippen molar-refractivity contribution in [3.8, 4) is 11.1 Å². The van der Waals surface area contributed by atoms with Gasteiger partial charge in [0.1, 0.15) is 5.60 Å². The number of nitrogens with zero attached hydrogens (tertiary/aromatic N) is 3. The smallest absolute Gasteiger partial charge is 0.416 e. The molecule has 0 atom stereocenters. The monoisotopic (exact) mass is 467 g/mol. The Morgan fingerprint density at radius 2 is 1.76 bits per heavy atom. The van der Waals surface area contributed by atoms with E-state index in [-0.39, 0.29) is 6.09 Å². The summed E-state index contributed by atoms with van der Waals surface area (Å²) < 4.78 is 46.1. The molecule has 2 aliphatic rings. The van der Waals surface area contributed by atoms with E-state index < -0.39 is 17.3 Å². The molecule has 3 aromatic rings. The quantitative estimate of drug-likeness (QED) is 0.490. The van der Waals surface area contributed by atoms with E-state index in [9.17, 15) is 18.0 Å². The van der Waals surface area contributed by atoms with Crippen LogP contribution in [0.2, 0.25) is 0 Å². The number of hydrogen-bond donors (Lipinski definition) is 0. The second-order valence-electron chi connectivity index (χ2n) is 8.86. The first-order valence-corrected chi connectivity index (χ1v) is 11.2. The van der Waals surface area contributed by atoms with Crippen LogP contribution in [0.4, 0.5) is 23.7 Å². The number of likely N-dealkylation sites (tertiary alicyclic amines) is 1. The van der Waals surface area contributed by atoms with E-state index in [0.29, 0.717) is 44.6 Å². The van der Waals surface area contributed by atoms with Gasteiger partial charge in [0.15, 0.2) is 0 Å². The minimum Gasteiger partial charge on any atom is -0.441 e. The van der Waals surface area contributed by atoms with Crippen molar-refractivity contribution >= 4 is 11.8 Å². The molecule has 1 amide bonds. The van der Waals surface area contributed by atoms with Gasteiger partial charge in [0.05, 0.1) is 12.1 Å². The zero-order chi connectivity index (χ0) is 23.8. The van der Waals surface area contributed by atoms with Gasteiger partial charge in [-0.3, -0.25) is 14.8 Å². The molecule has 2 fully saturated rings. The summed E-state index contributed by atoms with van der Waals surface area (Å²) in [4.78, 5) is 20.4. The number of carbonyl (C=O) groups is 1. The summed E-state index contributed by atoms with van der Waals surface area (Å²) in [6, 6.07) is 16.9. The molecule has 0 radical (unpaired) electrons. The lowest BCUT2D eigenvalue weighted by molar-refractivity contribution is -0.137. The fourth-order valence-corrected chi connectivity index (χ4v) is 4.75. The molecule has 0 unspecified atom stereocenters. The summed E-state index contributed by atoms with van der Waals surface area (Å²) in [6.45, 7) is 2.10. The summed E-state index contributed by atoms with van der Waals surface area (Å²) in [6.07, 6.45) is -0.206. The number of piperidine rings is 1. The van der Waals surface area contributed by atoms with Gasteiger partial charge >= 0.3 is 12.3 Å². The van der Waals surface area contributed by atoms with Crippen LogP contribution in [0.3, 0.4) is 0 Å². The van der Waals surface area contributed by atoms with Gasteiger partial charge in [-0.2, -0.15) is 13.2 Å². The van der Waals surface area contributed by atoms with Crippen molar-refractivity contribution in [1.29, 1.82) is 0 Å². The summed E-state index contributed by atoms with van der Waals surface area (Å²) in [5.74, 6) is 0. The first kappa shape index (κ1) is 22.4. The average Bonchev–Trinajstić information content (AvgIpc) is 3.17. The lowest BCUT2D eigenvalue weighted by atomic mass is 9.90. The van der Waals surface area contributed by atoms with Crippen LogP contribution in [0.1, 0.15) is 24.0 Å². The highest BCUT2D eigenvalue weighted by Crippen LogP contribution is 2.37. The third kappa shape index (κ3) is 4.50. The molecular formula is C26H24F3N3O2. The standard InChI is InChI=1S/C26H24F3N3O2/c27-26(28,29)21-8-9-23(19-5-4-12-30-16-19)20(15-21)17-31-13-10-25(11-14-31)18-32(24(33)34-25)22-6-2-1-3-7-22/h1-9,12,15-16H,10-11,13-14,17-18H2. The van der Waals surface area contributed by atoms with Gasteiger partial charge in [-0.15, -0.1) is 0 Å². The van der Waals surface area contributed by atoms with Crippen LogP contribution in [0.25, 0.3) is 11.1 Å². The maximum Gasteiger partial charge on any atom is 0.416 e. The molecule has 0 N–H and O–H groups in total. The van der Waals surface area contributed by atoms with E-state index in [1.165, 1.54) is 12.1 Å². The highest BCUT2D eigenvalue weighted by Gasteiger charge is 2.47. The highest BCUT2D eigenvalue weighted by atomic mass is 19.4. The Labute approximate surface area is 195 Å². The third-order valence-electron chi connectivity index (χ3n) is 6.60. The molecule has 1 spiro atoms. The lowest BCUT2D eigenvalue weighted by Crippen LogP contribution is -2.46. The zero-order valence-electron chi connectivity index (χ0n) is 18.5. The molecular weight excluding hydrogens is 443 g/mol. The van der Waals surface area contributed by atoms with E-state index in [1.54, 1.807) is 23.4 Å². The Morgan fingerprint density at radius 1 is 1.00 bits per heavy atom. The number of hydrogen-bond acceptors (Lipinski definition) is 4. The van der Waals surface area contributed by atoms with Gasteiger partial charge in [0.25, 0.3) is 0 Å². The number of alkyl halides is 3. The van der Waals surface area contributed by atoms with Crippen LogP contribution in [-0.4, -0.2) is 41.2 Å². The molecule has 2 aromatic carbocycles. The molecule has 0 aliphatic carbocycles. The maximum absolute atomic E-state index is 13.4. The van der Waals surface area contributed by atoms with Gasteiger partial charge in [-0.1, -0.05) is 30.3 Å². The van der Waals surface area contributed by atoms with Crippen LogP contribution in [0, 0.1) is 0 Å². The number of pyridine rings is 1. The normalized spacial score (nSPS) is 18.3. The molecule has 2 saturated heterocycles. The van der Waals surface area contributed by atoms with Crippen LogP contribution >= 0.6 is 0 Å². The predicted octanol–water partition coefficient (Wildman–Crippen LogP) is 5.76. The Kier molecular flexibility index (Phi) is 5.77. The molecule has 5 nitrogen and oxygen atoms in total. The molecule has 3 heterocycles.